The van der Waals surface area contributed by atoms with E-state index in [9.17, 15) is 9.90 Å². The standard InChI is InChI=1S/C12H11BrN2O2/c13-6-1-2-9-8(5-6)7-3-4-14-11(12(16)17)10(7)15-9/h1-2,5,11,14-15H,3-4H2,(H,16,17). The molecule has 1 aliphatic rings. The molecule has 1 aliphatic heterocycles. The van der Waals surface area contributed by atoms with Crippen LogP contribution >= 0.6 is 15.9 Å². The molecule has 17 heavy (non-hydrogen) atoms. The highest BCUT2D eigenvalue weighted by molar-refractivity contribution is 9.10. The molecule has 0 bridgehead atoms. The number of aromatic nitrogens is 1. The zero-order chi connectivity index (χ0) is 12.0. The van der Waals surface area contributed by atoms with Crippen molar-refractivity contribution < 1.29 is 9.90 Å². The molecule has 0 saturated carbocycles. The molecule has 0 spiro atoms. The van der Waals surface area contributed by atoms with Gasteiger partial charge in [-0.2, -0.15) is 0 Å². The van der Waals surface area contributed by atoms with Crippen LogP contribution < -0.4 is 5.32 Å². The molecule has 1 atom stereocenters. The molecule has 1 unspecified atom stereocenters. The summed E-state index contributed by atoms with van der Waals surface area (Å²) in [4.78, 5) is 14.4. The van der Waals surface area contributed by atoms with Gasteiger partial charge in [0.05, 0.1) is 0 Å². The quantitative estimate of drug-likeness (QED) is 0.755. The summed E-state index contributed by atoms with van der Waals surface area (Å²) in [6.07, 6.45) is 0.857. The number of carboxylic acids is 1. The number of aromatic amines is 1. The number of rotatable bonds is 1. The van der Waals surface area contributed by atoms with E-state index >= 15 is 0 Å². The van der Waals surface area contributed by atoms with Gasteiger partial charge in [-0.05, 0) is 30.2 Å². The van der Waals surface area contributed by atoms with E-state index in [2.05, 4.69) is 26.2 Å². The van der Waals surface area contributed by atoms with Gasteiger partial charge >= 0.3 is 5.97 Å². The van der Waals surface area contributed by atoms with E-state index in [0.717, 1.165) is 33.1 Å². The van der Waals surface area contributed by atoms with Crippen molar-refractivity contribution in [2.45, 2.75) is 12.5 Å². The van der Waals surface area contributed by atoms with Crippen molar-refractivity contribution in [3.63, 3.8) is 0 Å². The van der Waals surface area contributed by atoms with E-state index in [1.165, 1.54) is 0 Å². The first-order chi connectivity index (χ1) is 8.16. The smallest absolute Gasteiger partial charge is 0.326 e. The van der Waals surface area contributed by atoms with E-state index < -0.39 is 12.0 Å². The fourth-order valence-corrected chi connectivity index (χ4v) is 2.77. The summed E-state index contributed by atoms with van der Waals surface area (Å²) in [7, 11) is 0. The van der Waals surface area contributed by atoms with Crippen molar-refractivity contribution >= 4 is 32.8 Å². The summed E-state index contributed by atoms with van der Waals surface area (Å²) >= 11 is 3.44. The van der Waals surface area contributed by atoms with Gasteiger partial charge in [-0.3, -0.25) is 10.1 Å². The molecule has 0 saturated heterocycles. The Morgan fingerprint density at radius 3 is 3.06 bits per heavy atom. The maximum Gasteiger partial charge on any atom is 0.326 e. The van der Waals surface area contributed by atoms with Crippen LogP contribution in [0, 0.1) is 0 Å². The average molecular weight is 295 g/mol. The third-order valence-electron chi connectivity index (χ3n) is 3.16. The van der Waals surface area contributed by atoms with Gasteiger partial charge in [-0.25, -0.2) is 0 Å². The number of H-pyrrole nitrogens is 1. The van der Waals surface area contributed by atoms with Crippen LogP contribution in [-0.2, 0) is 11.2 Å². The van der Waals surface area contributed by atoms with Crippen LogP contribution in [0.25, 0.3) is 10.9 Å². The van der Waals surface area contributed by atoms with Crippen LogP contribution in [-0.4, -0.2) is 22.6 Å². The van der Waals surface area contributed by atoms with Crippen LogP contribution in [0.2, 0.25) is 0 Å². The Balaban J connectivity index is 2.25. The molecule has 88 valence electrons. The zero-order valence-corrected chi connectivity index (χ0v) is 10.5. The van der Waals surface area contributed by atoms with Crippen molar-refractivity contribution in [1.29, 1.82) is 0 Å². The molecule has 1 aromatic heterocycles. The zero-order valence-electron chi connectivity index (χ0n) is 8.96. The van der Waals surface area contributed by atoms with Gasteiger partial charge in [0.15, 0.2) is 0 Å². The van der Waals surface area contributed by atoms with Gasteiger partial charge in [0, 0.05) is 27.6 Å². The summed E-state index contributed by atoms with van der Waals surface area (Å²) in [6.45, 7) is 0.698. The summed E-state index contributed by atoms with van der Waals surface area (Å²) in [5.74, 6) is -0.837. The summed E-state index contributed by atoms with van der Waals surface area (Å²) in [6, 6.07) is 5.34. The maximum atomic E-state index is 11.2. The second-order valence-corrected chi connectivity index (χ2v) is 5.10. The monoisotopic (exact) mass is 294 g/mol. The van der Waals surface area contributed by atoms with Crippen molar-refractivity contribution in [2.75, 3.05) is 6.54 Å². The summed E-state index contributed by atoms with van der Waals surface area (Å²) in [5.41, 5.74) is 2.90. The molecule has 4 nitrogen and oxygen atoms in total. The molecule has 0 aliphatic carbocycles. The Labute approximate surface area is 106 Å². The van der Waals surface area contributed by atoms with E-state index in [0.29, 0.717) is 6.54 Å². The van der Waals surface area contributed by atoms with E-state index in [1.54, 1.807) is 0 Å². The number of nitrogens with one attached hydrogen (secondary N) is 2. The Morgan fingerprint density at radius 2 is 2.29 bits per heavy atom. The summed E-state index contributed by atoms with van der Waals surface area (Å²) < 4.78 is 1.01. The topological polar surface area (TPSA) is 65.1 Å². The molecule has 3 N–H and O–H groups in total. The number of carbonyl (C=O) groups is 1. The number of carboxylic acid groups (broad SMARTS) is 1. The first-order valence-electron chi connectivity index (χ1n) is 5.43. The molecular weight excluding hydrogens is 284 g/mol. The number of aliphatic carboxylic acids is 1. The minimum Gasteiger partial charge on any atom is -0.480 e. The van der Waals surface area contributed by atoms with Crippen molar-refractivity contribution in [3.05, 3.63) is 33.9 Å². The van der Waals surface area contributed by atoms with Gasteiger partial charge in [-0.15, -0.1) is 0 Å². The van der Waals surface area contributed by atoms with E-state index in [1.807, 2.05) is 18.2 Å². The number of halogens is 1. The lowest BCUT2D eigenvalue weighted by Crippen LogP contribution is -2.34. The minimum atomic E-state index is -0.837. The number of benzene rings is 1. The summed E-state index contributed by atoms with van der Waals surface area (Å²) in [5, 5.41) is 13.3. The lowest BCUT2D eigenvalue weighted by atomic mass is 9.99. The van der Waals surface area contributed by atoms with Crippen LogP contribution in [0.3, 0.4) is 0 Å². The molecule has 2 heterocycles. The van der Waals surface area contributed by atoms with Crippen molar-refractivity contribution in [3.8, 4) is 0 Å². The number of hydrogen-bond donors (Lipinski definition) is 3. The highest BCUT2D eigenvalue weighted by Gasteiger charge is 2.28. The van der Waals surface area contributed by atoms with E-state index in [4.69, 9.17) is 0 Å². The van der Waals surface area contributed by atoms with Crippen LogP contribution in [0.4, 0.5) is 0 Å². The lowest BCUT2D eigenvalue weighted by molar-refractivity contribution is -0.139. The molecular formula is C12H11BrN2O2. The van der Waals surface area contributed by atoms with Crippen LogP contribution in [0.15, 0.2) is 22.7 Å². The van der Waals surface area contributed by atoms with Gasteiger partial charge in [0.2, 0.25) is 0 Å². The largest absolute Gasteiger partial charge is 0.480 e. The second-order valence-electron chi connectivity index (χ2n) is 4.18. The van der Waals surface area contributed by atoms with Crippen LogP contribution in [0.5, 0.6) is 0 Å². The van der Waals surface area contributed by atoms with Crippen LogP contribution in [0.1, 0.15) is 17.3 Å². The fourth-order valence-electron chi connectivity index (χ4n) is 2.41. The fraction of sp³-hybridized carbons (Fsp3) is 0.250. The lowest BCUT2D eigenvalue weighted by Gasteiger charge is -2.20. The molecule has 0 amide bonds. The SMILES string of the molecule is O=C(O)C1NCCc2c1[nH]c1ccc(Br)cc21. The molecule has 1 aromatic carbocycles. The maximum absolute atomic E-state index is 11.2. The average Bonchev–Trinajstić information content (AvgIpc) is 2.66. The predicted molar refractivity (Wildman–Crippen MR) is 68.1 cm³/mol. The van der Waals surface area contributed by atoms with E-state index in [-0.39, 0.29) is 0 Å². The highest BCUT2D eigenvalue weighted by atomic mass is 79.9. The van der Waals surface area contributed by atoms with Crippen molar-refractivity contribution in [1.82, 2.24) is 10.3 Å². The molecule has 3 rings (SSSR count). The third-order valence-corrected chi connectivity index (χ3v) is 3.65. The number of hydrogen-bond acceptors (Lipinski definition) is 2. The Morgan fingerprint density at radius 1 is 1.47 bits per heavy atom. The Kier molecular flexibility index (Phi) is 2.45. The normalized spacial score (nSPS) is 19.2. The van der Waals surface area contributed by atoms with Gasteiger partial charge < -0.3 is 10.1 Å². The van der Waals surface area contributed by atoms with Gasteiger partial charge in [0.25, 0.3) is 0 Å². The Hall–Kier alpha value is -1.33. The second kappa shape index (κ2) is 3.85. The Bertz CT molecular complexity index is 606. The minimum absolute atomic E-state index is 0.620. The third kappa shape index (κ3) is 1.66. The molecule has 5 heteroatoms. The molecule has 2 aromatic rings. The van der Waals surface area contributed by atoms with Gasteiger partial charge in [-0.1, -0.05) is 15.9 Å². The van der Waals surface area contributed by atoms with Crippen molar-refractivity contribution in [2.24, 2.45) is 0 Å². The molecule has 0 radical (unpaired) electrons. The highest BCUT2D eigenvalue weighted by Crippen LogP contribution is 2.31. The predicted octanol–water partition coefficient (Wildman–Crippen LogP) is 2.20. The first-order valence-corrected chi connectivity index (χ1v) is 6.22. The first kappa shape index (κ1) is 10.8. The number of fused-ring (bicyclic) bond motifs is 3. The van der Waals surface area contributed by atoms with Gasteiger partial charge in [0.1, 0.15) is 6.04 Å². The molecule has 0 fully saturated rings.